The summed E-state index contributed by atoms with van der Waals surface area (Å²) in [7, 11) is 0. The quantitative estimate of drug-likeness (QED) is 0.877. The maximum Gasteiger partial charge on any atom is 0.118 e. The summed E-state index contributed by atoms with van der Waals surface area (Å²) in [5, 5.41) is 0. The van der Waals surface area contributed by atoms with Crippen LogP contribution in [-0.4, -0.2) is 18.0 Å². The van der Waals surface area contributed by atoms with Crippen LogP contribution >= 0.6 is 0 Å². The summed E-state index contributed by atoms with van der Waals surface area (Å²) in [6, 6.07) is 2.11. The zero-order valence-electron chi connectivity index (χ0n) is 11.2. The SMILES string of the molecule is Cc1oc(CN2CC(C)CC(C)C2)cc1CN. The Labute approximate surface area is 104 Å². The number of nitrogens with two attached hydrogens (primary N) is 1. The molecule has 0 aromatic carbocycles. The van der Waals surface area contributed by atoms with Gasteiger partial charge in [0, 0.05) is 25.2 Å². The first kappa shape index (κ1) is 12.7. The lowest BCUT2D eigenvalue weighted by Crippen LogP contribution is -2.37. The Morgan fingerprint density at radius 2 is 2.00 bits per heavy atom. The molecule has 1 aromatic heterocycles. The highest BCUT2D eigenvalue weighted by atomic mass is 16.3. The first-order valence-corrected chi connectivity index (χ1v) is 6.59. The smallest absolute Gasteiger partial charge is 0.118 e. The lowest BCUT2D eigenvalue weighted by Gasteiger charge is -2.34. The van der Waals surface area contributed by atoms with Crippen molar-refractivity contribution in [3.05, 3.63) is 23.2 Å². The molecule has 3 nitrogen and oxygen atoms in total. The first-order chi connectivity index (χ1) is 8.08. The molecule has 2 rings (SSSR count). The van der Waals surface area contributed by atoms with E-state index in [-0.39, 0.29) is 0 Å². The van der Waals surface area contributed by atoms with Crippen LogP contribution < -0.4 is 5.73 Å². The van der Waals surface area contributed by atoms with Gasteiger partial charge in [0.2, 0.25) is 0 Å². The molecule has 2 N–H and O–H groups in total. The molecule has 1 aliphatic rings. The van der Waals surface area contributed by atoms with Crippen LogP contribution in [0, 0.1) is 18.8 Å². The van der Waals surface area contributed by atoms with Gasteiger partial charge in [0.05, 0.1) is 6.54 Å². The average molecular weight is 236 g/mol. The van der Waals surface area contributed by atoms with E-state index in [1.54, 1.807) is 0 Å². The average Bonchev–Trinajstić information content (AvgIpc) is 2.57. The van der Waals surface area contributed by atoms with Gasteiger partial charge in [-0.25, -0.2) is 0 Å². The Morgan fingerprint density at radius 1 is 1.35 bits per heavy atom. The number of aryl methyl sites for hydroxylation is 1. The summed E-state index contributed by atoms with van der Waals surface area (Å²) in [5.41, 5.74) is 6.80. The van der Waals surface area contributed by atoms with E-state index in [0.717, 1.165) is 35.5 Å². The van der Waals surface area contributed by atoms with Gasteiger partial charge in [0.25, 0.3) is 0 Å². The van der Waals surface area contributed by atoms with E-state index in [1.807, 2.05) is 6.92 Å². The molecule has 96 valence electrons. The van der Waals surface area contributed by atoms with Crippen LogP contribution in [0.4, 0.5) is 0 Å². The highest BCUT2D eigenvalue weighted by molar-refractivity contribution is 5.20. The zero-order valence-corrected chi connectivity index (χ0v) is 11.2. The predicted molar refractivity (Wildman–Crippen MR) is 69.6 cm³/mol. The minimum absolute atomic E-state index is 0.572. The number of rotatable bonds is 3. The van der Waals surface area contributed by atoms with Crippen LogP contribution in [0.15, 0.2) is 10.5 Å². The van der Waals surface area contributed by atoms with Gasteiger partial charge in [-0.1, -0.05) is 13.8 Å². The Balaban J connectivity index is 1.99. The maximum atomic E-state index is 5.76. The van der Waals surface area contributed by atoms with Gasteiger partial charge in [0.15, 0.2) is 0 Å². The Bertz CT molecular complexity index is 362. The number of nitrogens with zero attached hydrogens (tertiary/aromatic N) is 1. The van der Waals surface area contributed by atoms with Gasteiger partial charge in [-0.3, -0.25) is 4.90 Å². The highest BCUT2D eigenvalue weighted by Crippen LogP contribution is 2.23. The van der Waals surface area contributed by atoms with Crippen molar-refractivity contribution in [2.24, 2.45) is 17.6 Å². The van der Waals surface area contributed by atoms with Crippen LogP contribution in [0.25, 0.3) is 0 Å². The van der Waals surface area contributed by atoms with Crippen LogP contribution in [0.5, 0.6) is 0 Å². The summed E-state index contributed by atoms with van der Waals surface area (Å²) in [6.07, 6.45) is 1.35. The molecule has 0 aliphatic carbocycles. The molecule has 1 aromatic rings. The molecule has 0 amide bonds. The van der Waals surface area contributed by atoms with Crippen molar-refractivity contribution in [1.29, 1.82) is 0 Å². The molecule has 0 spiro atoms. The second-order valence-electron chi connectivity index (χ2n) is 5.64. The molecular formula is C14H24N2O. The first-order valence-electron chi connectivity index (χ1n) is 6.59. The third-order valence-electron chi connectivity index (χ3n) is 3.62. The normalized spacial score (nSPS) is 26.4. The highest BCUT2D eigenvalue weighted by Gasteiger charge is 2.22. The Kier molecular flexibility index (Phi) is 3.89. The van der Waals surface area contributed by atoms with Crippen LogP contribution in [-0.2, 0) is 13.1 Å². The lowest BCUT2D eigenvalue weighted by molar-refractivity contribution is 0.126. The van der Waals surface area contributed by atoms with E-state index in [4.69, 9.17) is 10.2 Å². The fraction of sp³-hybridized carbons (Fsp3) is 0.714. The topological polar surface area (TPSA) is 42.4 Å². The van der Waals surface area contributed by atoms with E-state index >= 15 is 0 Å². The number of likely N-dealkylation sites (tertiary alicyclic amines) is 1. The molecule has 1 aliphatic heterocycles. The lowest BCUT2D eigenvalue weighted by atomic mass is 9.92. The third-order valence-corrected chi connectivity index (χ3v) is 3.62. The summed E-state index contributed by atoms with van der Waals surface area (Å²) in [5.74, 6) is 3.62. The van der Waals surface area contributed by atoms with Crippen molar-refractivity contribution in [2.45, 2.75) is 40.3 Å². The van der Waals surface area contributed by atoms with Crippen molar-refractivity contribution >= 4 is 0 Å². The molecule has 2 unspecified atom stereocenters. The molecule has 17 heavy (non-hydrogen) atoms. The summed E-state index contributed by atoms with van der Waals surface area (Å²) >= 11 is 0. The van der Waals surface area contributed by atoms with E-state index < -0.39 is 0 Å². The molecule has 1 fully saturated rings. The van der Waals surface area contributed by atoms with Gasteiger partial charge in [-0.05, 0) is 31.2 Å². The number of furan rings is 1. The van der Waals surface area contributed by atoms with Crippen molar-refractivity contribution in [3.8, 4) is 0 Å². The largest absolute Gasteiger partial charge is 0.465 e. The molecule has 0 radical (unpaired) electrons. The summed E-state index contributed by atoms with van der Waals surface area (Å²) in [4.78, 5) is 2.50. The fourth-order valence-electron chi connectivity index (χ4n) is 3.01. The Morgan fingerprint density at radius 3 is 2.53 bits per heavy atom. The van der Waals surface area contributed by atoms with Crippen LogP contribution in [0.3, 0.4) is 0 Å². The molecule has 0 bridgehead atoms. The van der Waals surface area contributed by atoms with E-state index in [9.17, 15) is 0 Å². The molecular weight excluding hydrogens is 212 g/mol. The van der Waals surface area contributed by atoms with Gasteiger partial charge in [0.1, 0.15) is 11.5 Å². The van der Waals surface area contributed by atoms with Gasteiger partial charge in [-0.2, -0.15) is 0 Å². The van der Waals surface area contributed by atoms with E-state index in [2.05, 4.69) is 24.8 Å². The van der Waals surface area contributed by atoms with E-state index in [1.165, 1.54) is 19.5 Å². The van der Waals surface area contributed by atoms with Crippen molar-refractivity contribution < 1.29 is 4.42 Å². The number of piperidine rings is 1. The molecule has 3 heteroatoms. The van der Waals surface area contributed by atoms with Gasteiger partial charge >= 0.3 is 0 Å². The summed E-state index contributed by atoms with van der Waals surface area (Å²) in [6.45, 7) is 10.5. The zero-order chi connectivity index (χ0) is 12.4. The van der Waals surface area contributed by atoms with Crippen molar-refractivity contribution in [1.82, 2.24) is 4.90 Å². The van der Waals surface area contributed by atoms with Gasteiger partial charge in [-0.15, -0.1) is 0 Å². The Hall–Kier alpha value is -0.800. The van der Waals surface area contributed by atoms with Crippen LogP contribution in [0.1, 0.15) is 37.4 Å². The third kappa shape index (κ3) is 3.11. The standard InChI is InChI=1S/C14H24N2O/c1-10-4-11(2)8-16(7-10)9-14-5-13(6-15)12(3)17-14/h5,10-11H,4,6-9,15H2,1-3H3. The van der Waals surface area contributed by atoms with E-state index in [0.29, 0.717) is 6.54 Å². The van der Waals surface area contributed by atoms with Crippen molar-refractivity contribution in [3.63, 3.8) is 0 Å². The monoisotopic (exact) mass is 236 g/mol. The molecule has 0 saturated carbocycles. The van der Waals surface area contributed by atoms with Crippen LogP contribution in [0.2, 0.25) is 0 Å². The van der Waals surface area contributed by atoms with Gasteiger partial charge < -0.3 is 10.2 Å². The molecule has 1 saturated heterocycles. The summed E-state index contributed by atoms with van der Waals surface area (Å²) < 4.78 is 5.76. The number of hydrogen-bond acceptors (Lipinski definition) is 3. The second-order valence-corrected chi connectivity index (χ2v) is 5.64. The molecule has 2 atom stereocenters. The predicted octanol–water partition coefficient (Wildman–Crippen LogP) is 2.52. The fourth-order valence-corrected chi connectivity index (χ4v) is 3.01. The molecule has 2 heterocycles. The minimum atomic E-state index is 0.572. The van der Waals surface area contributed by atoms with Crippen molar-refractivity contribution in [2.75, 3.05) is 13.1 Å². The maximum absolute atomic E-state index is 5.76. The number of hydrogen-bond donors (Lipinski definition) is 1. The second kappa shape index (κ2) is 5.23. The minimum Gasteiger partial charge on any atom is -0.465 e.